The number of hydrogen-bond acceptors (Lipinski definition) is 5. The third-order valence-corrected chi connectivity index (χ3v) is 5.67. The van der Waals surface area contributed by atoms with Crippen LogP contribution in [0.2, 0.25) is 0 Å². The van der Waals surface area contributed by atoms with Gasteiger partial charge in [-0.3, -0.25) is 4.98 Å². The summed E-state index contributed by atoms with van der Waals surface area (Å²) in [6, 6.07) is 13.9. The number of benzene rings is 1. The third kappa shape index (κ3) is 4.28. The molecule has 3 aromatic rings. The molecule has 0 saturated carbocycles. The van der Waals surface area contributed by atoms with E-state index in [9.17, 15) is 5.26 Å². The molecule has 144 valence electrons. The lowest BCUT2D eigenvalue weighted by molar-refractivity contribution is 0.306. The Bertz CT molecular complexity index is 1170. The zero-order valence-corrected chi connectivity index (χ0v) is 17.0. The van der Waals surface area contributed by atoms with Gasteiger partial charge in [-0.2, -0.15) is 5.26 Å². The van der Waals surface area contributed by atoms with Crippen molar-refractivity contribution in [2.24, 2.45) is 0 Å². The molecule has 0 spiro atoms. The molecule has 0 radical (unpaired) electrons. The highest BCUT2D eigenvalue weighted by molar-refractivity contribution is 8.07. The SMILES string of the molecule is C=C1CC/C=C(\C)S/C(C#N)=C\1c1cc2cc(OCc3cccnc3)ccc2o1. The van der Waals surface area contributed by atoms with Crippen molar-refractivity contribution in [1.82, 2.24) is 4.98 Å². The number of furan rings is 1. The van der Waals surface area contributed by atoms with E-state index in [4.69, 9.17) is 9.15 Å². The maximum Gasteiger partial charge on any atom is 0.137 e. The molecule has 0 bridgehead atoms. The lowest BCUT2D eigenvalue weighted by Crippen LogP contribution is -1.95. The minimum absolute atomic E-state index is 0.451. The van der Waals surface area contributed by atoms with Gasteiger partial charge in [0.2, 0.25) is 0 Å². The molecule has 4 rings (SSSR count). The molecule has 0 fully saturated rings. The van der Waals surface area contributed by atoms with E-state index in [1.54, 1.807) is 12.4 Å². The van der Waals surface area contributed by atoms with Crippen molar-refractivity contribution >= 4 is 28.3 Å². The van der Waals surface area contributed by atoms with Gasteiger partial charge < -0.3 is 9.15 Å². The van der Waals surface area contributed by atoms with Gasteiger partial charge in [0, 0.05) is 28.9 Å². The summed E-state index contributed by atoms with van der Waals surface area (Å²) in [5, 5.41) is 10.6. The summed E-state index contributed by atoms with van der Waals surface area (Å²) in [7, 11) is 0. The minimum Gasteiger partial charge on any atom is -0.489 e. The van der Waals surface area contributed by atoms with Crippen LogP contribution in [0.5, 0.6) is 5.75 Å². The second-order valence-electron chi connectivity index (χ2n) is 6.84. The highest BCUT2D eigenvalue weighted by Gasteiger charge is 2.20. The fourth-order valence-electron chi connectivity index (χ4n) is 3.24. The Balaban J connectivity index is 1.66. The zero-order valence-electron chi connectivity index (χ0n) is 16.1. The van der Waals surface area contributed by atoms with E-state index >= 15 is 0 Å². The average Bonchev–Trinajstić information content (AvgIpc) is 3.14. The predicted octanol–water partition coefficient (Wildman–Crippen LogP) is 6.63. The van der Waals surface area contributed by atoms with Crippen LogP contribution >= 0.6 is 11.8 Å². The molecular weight excluding hydrogens is 380 g/mol. The van der Waals surface area contributed by atoms with E-state index in [2.05, 4.69) is 23.7 Å². The lowest BCUT2D eigenvalue weighted by atomic mass is 9.99. The largest absolute Gasteiger partial charge is 0.489 e. The third-order valence-electron chi connectivity index (χ3n) is 4.69. The minimum atomic E-state index is 0.451. The molecule has 0 atom stereocenters. The summed E-state index contributed by atoms with van der Waals surface area (Å²) in [5.41, 5.74) is 3.49. The summed E-state index contributed by atoms with van der Waals surface area (Å²) >= 11 is 1.47. The van der Waals surface area contributed by atoms with Gasteiger partial charge >= 0.3 is 0 Å². The summed E-state index contributed by atoms with van der Waals surface area (Å²) in [6.07, 6.45) is 7.39. The summed E-state index contributed by atoms with van der Waals surface area (Å²) in [6.45, 7) is 6.68. The maximum atomic E-state index is 9.71. The van der Waals surface area contributed by atoms with E-state index in [1.807, 2.05) is 43.3 Å². The number of fused-ring (bicyclic) bond motifs is 1. The summed E-state index contributed by atoms with van der Waals surface area (Å²) < 4.78 is 12.0. The van der Waals surface area contributed by atoms with E-state index < -0.39 is 0 Å². The van der Waals surface area contributed by atoms with E-state index in [-0.39, 0.29) is 0 Å². The van der Waals surface area contributed by atoms with Gasteiger partial charge in [-0.05, 0) is 60.6 Å². The van der Waals surface area contributed by atoms with E-state index in [0.717, 1.165) is 51.2 Å². The van der Waals surface area contributed by atoms with E-state index in [0.29, 0.717) is 17.3 Å². The average molecular weight is 401 g/mol. The molecule has 5 heteroatoms. The van der Waals surface area contributed by atoms with Crippen LogP contribution in [0.15, 0.2) is 81.2 Å². The van der Waals surface area contributed by atoms with Gasteiger partial charge in [-0.25, -0.2) is 0 Å². The number of nitrogens with zero attached hydrogens (tertiary/aromatic N) is 2. The first-order chi connectivity index (χ1) is 14.1. The van der Waals surface area contributed by atoms with Crippen molar-refractivity contribution < 1.29 is 9.15 Å². The van der Waals surface area contributed by atoms with Gasteiger partial charge in [0.15, 0.2) is 0 Å². The maximum absolute atomic E-state index is 9.71. The summed E-state index contributed by atoms with van der Waals surface area (Å²) in [4.78, 5) is 5.84. The van der Waals surface area contributed by atoms with Gasteiger partial charge in [-0.1, -0.05) is 30.5 Å². The Hall–Kier alpha value is -3.23. The van der Waals surface area contributed by atoms with Crippen molar-refractivity contribution in [3.05, 3.63) is 88.2 Å². The monoisotopic (exact) mass is 400 g/mol. The molecule has 29 heavy (non-hydrogen) atoms. The second kappa shape index (κ2) is 8.42. The van der Waals surface area contributed by atoms with Crippen LogP contribution < -0.4 is 4.74 Å². The molecule has 1 aromatic carbocycles. The first-order valence-electron chi connectivity index (χ1n) is 9.37. The number of hydrogen-bond donors (Lipinski definition) is 0. The fraction of sp³-hybridized carbons (Fsp3) is 0.167. The second-order valence-corrected chi connectivity index (χ2v) is 8.09. The van der Waals surface area contributed by atoms with Crippen LogP contribution in [0.4, 0.5) is 0 Å². The predicted molar refractivity (Wildman–Crippen MR) is 117 cm³/mol. The normalized spacial score (nSPS) is 19.2. The standard InChI is InChI=1S/C24H20N2O2S/c1-16-5-3-6-17(2)29-23(13-25)24(16)22-12-19-11-20(8-9-21(19)28-22)27-15-18-7-4-10-26-14-18/h4,6-12,14H,1,3,5,15H2,2H3/b17-6+,24-23+. The quantitative estimate of drug-likeness (QED) is 0.492. The van der Waals surface area contributed by atoms with Crippen LogP contribution in [0.3, 0.4) is 0 Å². The van der Waals surface area contributed by atoms with E-state index in [1.165, 1.54) is 11.8 Å². The van der Waals surface area contributed by atoms with Crippen molar-refractivity contribution in [1.29, 1.82) is 5.26 Å². The van der Waals surface area contributed by atoms with Gasteiger partial charge in [0.25, 0.3) is 0 Å². The molecule has 1 aliphatic heterocycles. The molecule has 2 aromatic heterocycles. The van der Waals surface area contributed by atoms with Crippen LogP contribution in [-0.2, 0) is 6.61 Å². The highest BCUT2D eigenvalue weighted by Crippen LogP contribution is 2.40. The smallest absolute Gasteiger partial charge is 0.137 e. The van der Waals surface area contributed by atoms with Crippen molar-refractivity contribution in [3.63, 3.8) is 0 Å². The molecule has 1 aliphatic rings. The van der Waals surface area contributed by atoms with Gasteiger partial charge in [-0.15, -0.1) is 0 Å². The van der Waals surface area contributed by atoms with Gasteiger partial charge in [0.1, 0.15) is 34.7 Å². The van der Waals surface area contributed by atoms with Crippen LogP contribution in [-0.4, -0.2) is 4.98 Å². The number of thioether (sulfide) groups is 1. The first kappa shape index (κ1) is 19.1. The zero-order chi connectivity index (χ0) is 20.2. The van der Waals surface area contributed by atoms with Crippen LogP contribution in [0.1, 0.15) is 31.1 Å². The Morgan fingerprint density at radius 1 is 1.31 bits per heavy atom. The molecule has 0 amide bonds. The molecule has 0 aliphatic carbocycles. The number of nitriles is 1. The highest BCUT2D eigenvalue weighted by atomic mass is 32.2. The van der Waals surface area contributed by atoms with Crippen molar-refractivity contribution in [2.75, 3.05) is 0 Å². The van der Waals surface area contributed by atoms with Gasteiger partial charge in [0.05, 0.1) is 0 Å². The Labute approximate surface area is 174 Å². The Kier molecular flexibility index (Phi) is 5.55. The number of rotatable bonds is 4. The Morgan fingerprint density at radius 3 is 3.00 bits per heavy atom. The van der Waals surface area contributed by atoms with Crippen molar-refractivity contribution in [2.45, 2.75) is 26.4 Å². The molecule has 0 saturated heterocycles. The van der Waals surface area contributed by atoms with Crippen LogP contribution in [0.25, 0.3) is 16.5 Å². The molecule has 4 nitrogen and oxygen atoms in total. The number of ether oxygens (including phenoxy) is 1. The molecule has 0 N–H and O–H groups in total. The fourth-order valence-corrected chi connectivity index (χ4v) is 4.15. The van der Waals surface area contributed by atoms with Crippen LogP contribution in [0, 0.1) is 11.3 Å². The number of allylic oxidation sites excluding steroid dienone is 5. The first-order valence-corrected chi connectivity index (χ1v) is 10.2. The topological polar surface area (TPSA) is 59.0 Å². The lowest BCUT2D eigenvalue weighted by Gasteiger charge is -2.14. The van der Waals surface area contributed by atoms with Crippen molar-refractivity contribution in [3.8, 4) is 11.8 Å². The number of pyridine rings is 1. The molecule has 0 unspecified atom stereocenters. The Morgan fingerprint density at radius 2 is 2.21 bits per heavy atom. The molecular formula is C24H20N2O2S. The molecule has 3 heterocycles. The summed E-state index contributed by atoms with van der Waals surface area (Å²) in [5.74, 6) is 1.43. The number of aromatic nitrogens is 1.